The molecule has 1 atom stereocenters. The molecule has 1 unspecified atom stereocenters. The average molecular weight is 240 g/mol. The van der Waals surface area contributed by atoms with Gasteiger partial charge in [-0.1, -0.05) is 36.4 Å². The highest BCUT2D eigenvalue weighted by molar-refractivity contribution is 5.68. The molecule has 2 rings (SSSR count). The highest BCUT2D eigenvalue weighted by atomic mass is 15.1. The molecule has 94 valence electrons. The molecule has 2 heteroatoms. The van der Waals surface area contributed by atoms with Gasteiger partial charge in [-0.05, 0) is 35.7 Å². The third kappa shape index (κ3) is 2.71. The van der Waals surface area contributed by atoms with Crippen LogP contribution >= 0.6 is 0 Å². The Morgan fingerprint density at radius 1 is 0.944 bits per heavy atom. The van der Waals surface area contributed by atoms with Gasteiger partial charge in [0.05, 0.1) is 0 Å². The zero-order valence-corrected chi connectivity index (χ0v) is 11.2. The predicted molar refractivity (Wildman–Crippen MR) is 78.8 cm³/mol. The second kappa shape index (κ2) is 5.23. The van der Waals surface area contributed by atoms with Gasteiger partial charge in [0.2, 0.25) is 0 Å². The molecular weight excluding hydrogens is 220 g/mol. The van der Waals surface area contributed by atoms with Crippen LogP contribution in [-0.2, 0) is 0 Å². The quantitative estimate of drug-likeness (QED) is 0.890. The van der Waals surface area contributed by atoms with E-state index in [2.05, 4.69) is 67.5 Å². The summed E-state index contributed by atoms with van der Waals surface area (Å²) in [7, 11) is 4.11. The van der Waals surface area contributed by atoms with E-state index in [4.69, 9.17) is 5.73 Å². The summed E-state index contributed by atoms with van der Waals surface area (Å²) >= 11 is 0. The zero-order valence-electron chi connectivity index (χ0n) is 11.2. The second-order valence-electron chi connectivity index (χ2n) is 4.86. The Labute approximate surface area is 109 Å². The lowest BCUT2D eigenvalue weighted by Gasteiger charge is -2.14. The van der Waals surface area contributed by atoms with Crippen molar-refractivity contribution in [2.75, 3.05) is 19.0 Å². The number of nitrogens with zero attached hydrogens (tertiary/aromatic N) is 1. The average Bonchev–Trinajstić information content (AvgIpc) is 2.39. The lowest BCUT2D eigenvalue weighted by molar-refractivity contribution is 0.818. The fourth-order valence-corrected chi connectivity index (χ4v) is 1.94. The van der Waals surface area contributed by atoms with Crippen LogP contribution in [0.5, 0.6) is 0 Å². The summed E-state index contributed by atoms with van der Waals surface area (Å²) in [6, 6.07) is 17.1. The summed E-state index contributed by atoms with van der Waals surface area (Å²) in [4.78, 5) is 2.11. The van der Waals surface area contributed by atoms with Crippen LogP contribution < -0.4 is 10.6 Å². The summed E-state index contributed by atoms with van der Waals surface area (Å²) in [5.74, 6) is 0. The lowest BCUT2D eigenvalue weighted by atomic mass is 10.0. The minimum Gasteiger partial charge on any atom is -0.378 e. The number of anilines is 1. The van der Waals surface area contributed by atoms with E-state index in [0.29, 0.717) is 0 Å². The van der Waals surface area contributed by atoms with Crippen LogP contribution in [0, 0.1) is 0 Å². The van der Waals surface area contributed by atoms with Crippen LogP contribution in [0.15, 0.2) is 48.5 Å². The van der Waals surface area contributed by atoms with Gasteiger partial charge in [0, 0.05) is 25.8 Å². The van der Waals surface area contributed by atoms with Crippen molar-refractivity contribution in [3.8, 4) is 11.1 Å². The van der Waals surface area contributed by atoms with E-state index in [1.807, 2.05) is 6.92 Å². The van der Waals surface area contributed by atoms with E-state index < -0.39 is 0 Å². The molecule has 18 heavy (non-hydrogen) atoms. The molecule has 0 heterocycles. The van der Waals surface area contributed by atoms with E-state index in [1.165, 1.54) is 22.4 Å². The number of rotatable bonds is 3. The third-order valence-corrected chi connectivity index (χ3v) is 3.13. The molecule has 0 aliphatic rings. The first-order valence-electron chi connectivity index (χ1n) is 6.21. The normalized spacial score (nSPS) is 12.2. The van der Waals surface area contributed by atoms with Crippen molar-refractivity contribution in [3.63, 3.8) is 0 Å². The first-order chi connectivity index (χ1) is 8.58. The third-order valence-electron chi connectivity index (χ3n) is 3.13. The summed E-state index contributed by atoms with van der Waals surface area (Å²) < 4.78 is 0. The molecule has 2 aromatic rings. The highest BCUT2D eigenvalue weighted by Gasteiger charge is 2.02. The Kier molecular flexibility index (Phi) is 3.68. The van der Waals surface area contributed by atoms with Gasteiger partial charge in [-0.15, -0.1) is 0 Å². The molecule has 0 aromatic heterocycles. The predicted octanol–water partition coefficient (Wildman–Crippen LogP) is 3.44. The summed E-state index contributed by atoms with van der Waals surface area (Å²) in [6.07, 6.45) is 0. The molecule has 2 N–H and O–H groups in total. The summed E-state index contributed by atoms with van der Waals surface area (Å²) in [6.45, 7) is 2.00. The maximum Gasteiger partial charge on any atom is 0.0367 e. The Morgan fingerprint density at radius 2 is 1.61 bits per heavy atom. The van der Waals surface area contributed by atoms with Crippen LogP contribution in [-0.4, -0.2) is 14.1 Å². The van der Waals surface area contributed by atoms with Crippen LogP contribution in [0.3, 0.4) is 0 Å². The largest absolute Gasteiger partial charge is 0.378 e. The van der Waals surface area contributed by atoms with Crippen molar-refractivity contribution in [1.82, 2.24) is 0 Å². The van der Waals surface area contributed by atoms with Crippen molar-refractivity contribution in [2.24, 2.45) is 5.73 Å². The molecule has 0 bridgehead atoms. The zero-order chi connectivity index (χ0) is 13.1. The minimum absolute atomic E-state index is 0.0900. The first-order valence-corrected chi connectivity index (χ1v) is 6.21. The fourth-order valence-electron chi connectivity index (χ4n) is 1.94. The SMILES string of the molecule is CC(N)c1ccc(-c2cccc(N(C)C)c2)cc1. The number of hydrogen-bond acceptors (Lipinski definition) is 2. The van der Waals surface area contributed by atoms with Crippen molar-refractivity contribution in [1.29, 1.82) is 0 Å². The van der Waals surface area contributed by atoms with Crippen LogP contribution in [0.2, 0.25) is 0 Å². The highest BCUT2D eigenvalue weighted by Crippen LogP contribution is 2.25. The van der Waals surface area contributed by atoms with Gasteiger partial charge in [-0.2, -0.15) is 0 Å². The van der Waals surface area contributed by atoms with Crippen molar-refractivity contribution < 1.29 is 0 Å². The monoisotopic (exact) mass is 240 g/mol. The van der Waals surface area contributed by atoms with E-state index in [1.54, 1.807) is 0 Å². The molecule has 0 saturated carbocycles. The molecule has 0 amide bonds. The van der Waals surface area contributed by atoms with Crippen LogP contribution in [0.1, 0.15) is 18.5 Å². The molecule has 0 aliphatic carbocycles. The smallest absolute Gasteiger partial charge is 0.0367 e. The van der Waals surface area contributed by atoms with Crippen molar-refractivity contribution >= 4 is 5.69 Å². The Morgan fingerprint density at radius 3 is 2.17 bits per heavy atom. The lowest BCUT2D eigenvalue weighted by Crippen LogP contribution is -2.08. The molecule has 0 radical (unpaired) electrons. The van der Waals surface area contributed by atoms with Crippen molar-refractivity contribution in [3.05, 3.63) is 54.1 Å². The molecule has 2 nitrogen and oxygen atoms in total. The van der Waals surface area contributed by atoms with Crippen molar-refractivity contribution in [2.45, 2.75) is 13.0 Å². The second-order valence-corrected chi connectivity index (χ2v) is 4.86. The van der Waals surface area contributed by atoms with Gasteiger partial charge >= 0.3 is 0 Å². The minimum atomic E-state index is 0.0900. The van der Waals surface area contributed by atoms with Gasteiger partial charge in [-0.25, -0.2) is 0 Å². The first kappa shape index (κ1) is 12.7. The standard InChI is InChI=1S/C16H20N2/c1-12(17)13-7-9-14(10-8-13)15-5-4-6-16(11-15)18(2)3/h4-12H,17H2,1-3H3. The molecule has 0 fully saturated rings. The van der Waals surface area contributed by atoms with Gasteiger partial charge in [0.25, 0.3) is 0 Å². The van der Waals surface area contributed by atoms with E-state index in [0.717, 1.165) is 0 Å². The summed E-state index contributed by atoms with van der Waals surface area (Å²) in [5, 5.41) is 0. The Hall–Kier alpha value is -1.80. The van der Waals surface area contributed by atoms with E-state index in [-0.39, 0.29) is 6.04 Å². The van der Waals surface area contributed by atoms with E-state index >= 15 is 0 Å². The Bertz CT molecular complexity index is 513. The number of hydrogen-bond donors (Lipinski definition) is 1. The topological polar surface area (TPSA) is 29.3 Å². The Balaban J connectivity index is 2.33. The molecule has 0 spiro atoms. The fraction of sp³-hybridized carbons (Fsp3) is 0.250. The summed E-state index contributed by atoms with van der Waals surface area (Å²) in [5.41, 5.74) is 10.7. The maximum atomic E-state index is 5.86. The van der Waals surface area contributed by atoms with E-state index in [9.17, 15) is 0 Å². The number of nitrogens with two attached hydrogens (primary N) is 1. The molecule has 2 aromatic carbocycles. The van der Waals surface area contributed by atoms with Gasteiger partial charge in [0.1, 0.15) is 0 Å². The van der Waals surface area contributed by atoms with Crippen LogP contribution in [0.25, 0.3) is 11.1 Å². The maximum absolute atomic E-state index is 5.86. The van der Waals surface area contributed by atoms with Crippen LogP contribution in [0.4, 0.5) is 5.69 Å². The molecule has 0 aliphatic heterocycles. The number of benzene rings is 2. The van der Waals surface area contributed by atoms with Gasteiger partial charge in [-0.3, -0.25) is 0 Å². The molecule has 0 saturated heterocycles. The van der Waals surface area contributed by atoms with Gasteiger partial charge < -0.3 is 10.6 Å². The molecular formula is C16H20N2. The van der Waals surface area contributed by atoms with Gasteiger partial charge in [0.15, 0.2) is 0 Å².